The van der Waals surface area contributed by atoms with Gasteiger partial charge in [-0.25, -0.2) is 24.0 Å². The number of benzene rings is 5. The van der Waals surface area contributed by atoms with Crippen molar-refractivity contribution in [2.45, 2.75) is 76.2 Å². The average molecular weight is 885 g/mol. The lowest BCUT2D eigenvalue weighted by Crippen LogP contribution is -2.63. The number of ether oxygens (including phenoxy) is 7. The lowest BCUT2D eigenvalue weighted by atomic mass is 9.97. The normalized spacial score (nSPS) is 18.0. The Balaban J connectivity index is 1.25. The van der Waals surface area contributed by atoms with Crippen LogP contribution in [-0.4, -0.2) is 72.9 Å². The number of rotatable bonds is 19. The topological polar surface area (TPSA) is 183 Å². The molecule has 1 aromatic heterocycles. The van der Waals surface area contributed by atoms with Crippen molar-refractivity contribution in [3.8, 4) is 17.2 Å². The summed E-state index contributed by atoms with van der Waals surface area (Å²) in [6.45, 7) is 1.78. The van der Waals surface area contributed by atoms with Gasteiger partial charge in [0.25, 0.3) is 0 Å². The zero-order valence-electron chi connectivity index (χ0n) is 35.6. The van der Waals surface area contributed by atoms with E-state index in [1.54, 1.807) is 84.9 Å². The minimum Gasteiger partial charge on any atom is -0.504 e. The summed E-state index contributed by atoms with van der Waals surface area (Å²) in [6.07, 6.45) is -2.04. The third-order valence-corrected chi connectivity index (χ3v) is 10.5. The molecule has 1 aliphatic heterocycles. The van der Waals surface area contributed by atoms with E-state index in [1.807, 2.05) is 0 Å². The quantitative estimate of drug-likeness (QED) is 0.0352. The molecule has 5 atom stereocenters. The number of esters is 4. The molecule has 0 bridgehead atoms. The van der Waals surface area contributed by atoms with E-state index in [4.69, 9.17) is 37.6 Å². The molecule has 14 heteroatoms. The highest BCUT2D eigenvalue weighted by Gasteiger charge is 2.54. The fourth-order valence-corrected chi connectivity index (χ4v) is 7.16. The van der Waals surface area contributed by atoms with Crippen LogP contribution in [0.15, 0.2) is 149 Å². The van der Waals surface area contributed by atoms with Gasteiger partial charge in [-0.15, -0.1) is 0 Å². The summed E-state index contributed by atoms with van der Waals surface area (Å²) in [6, 6.07) is 36.3. The van der Waals surface area contributed by atoms with Crippen molar-refractivity contribution in [3.05, 3.63) is 172 Å². The number of unbranched alkanes of at least 4 members (excludes halogenated alkanes) is 5. The third kappa shape index (κ3) is 11.8. The SMILES string of the molecule is CCCCCCCCOc1c(O)c2ccc(O[C@@H]3O[C@H](COC(=O)c4ccccc4)[C@H](OC(=O)c4ccccc4)[C@H](OC(=O)c4ccccc4)[C@H]3OC(=O)c3ccccc3)cc2oc1=O. The standard InChI is InChI=1S/C51H48O14/c1-2-3-4-5-6-19-30-58-43-41(52)38-29-28-37(31-39(38)61-50(43)57)60-51-45(65-49(56)36-26-17-10-18-27-36)44(64-48(55)35-24-15-9-16-25-35)42(63-47(54)34-22-13-8-14-23-34)40(62-51)32-59-46(53)33-20-11-7-12-21-33/h7-18,20-29,31,40,42,44-45,51-52H,2-6,19,30,32H2,1H3/t40-,42+,44+,45-,51-/m1/s1. The fourth-order valence-electron chi connectivity index (χ4n) is 7.16. The smallest absolute Gasteiger partial charge is 0.383 e. The van der Waals surface area contributed by atoms with E-state index < -0.39 is 72.6 Å². The monoisotopic (exact) mass is 884 g/mol. The lowest BCUT2D eigenvalue weighted by molar-refractivity contribution is -0.275. The molecule has 1 saturated heterocycles. The molecule has 1 N–H and O–H groups in total. The van der Waals surface area contributed by atoms with Crippen LogP contribution in [0.25, 0.3) is 11.0 Å². The summed E-state index contributed by atoms with van der Waals surface area (Å²) >= 11 is 0. The van der Waals surface area contributed by atoms with E-state index in [9.17, 15) is 29.1 Å². The number of fused-ring (bicyclic) bond motifs is 1. The largest absolute Gasteiger partial charge is 0.504 e. The number of carbonyl (C=O) groups is 4. The van der Waals surface area contributed by atoms with Crippen LogP contribution in [0.3, 0.4) is 0 Å². The minimum absolute atomic E-state index is 0.0144. The third-order valence-electron chi connectivity index (χ3n) is 10.5. The van der Waals surface area contributed by atoms with Crippen molar-refractivity contribution in [1.82, 2.24) is 0 Å². The van der Waals surface area contributed by atoms with E-state index in [2.05, 4.69) is 6.92 Å². The lowest BCUT2D eigenvalue weighted by Gasteiger charge is -2.44. The van der Waals surface area contributed by atoms with Crippen molar-refractivity contribution in [2.24, 2.45) is 0 Å². The highest BCUT2D eigenvalue weighted by Crippen LogP contribution is 2.36. The molecule has 1 aliphatic rings. The second-order valence-electron chi connectivity index (χ2n) is 15.2. The molecule has 0 radical (unpaired) electrons. The van der Waals surface area contributed by atoms with Crippen LogP contribution in [-0.2, 0) is 23.7 Å². The van der Waals surface area contributed by atoms with E-state index in [-0.39, 0.29) is 51.3 Å². The molecule has 0 unspecified atom stereocenters. The first-order valence-electron chi connectivity index (χ1n) is 21.4. The molecule has 1 fully saturated rings. The Morgan fingerprint density at radius 1 is 0.585 bits per heavy atom. The molecule has 6 aromatic rings. The number of carbonyl (C=O) groups excluding carboxylic acids is 4. The maximum Gasteiger partial charge on any atom is 0.383 e. The van der Waals surface area contributed by atoms with Gasteiger partial charge in [-0.1, -0.05) is 112 Å². The first-order valence-corrected chi connectivity index (χ1v) is 21.4. The molecule has 2 heterocycles. The summed E-state index contributed by atoms with van der Waals surface area (Å²) in [7, 11) is 0. The van der Waals surface area contributed by atoms with E-state index in [0.717, 1.165) is 32.1 Å². The van der Waals surface area contributed by atoms with Crippen molar-refractivity contribution in [3.63, 3.8) is 0 Å². The molecule has 5 aromatic carbocycles. The van der Waals surface area contributed by atoms with Gasteiger partial charge in [0.1, 0.15) is 24.0 Å². The highest BCUT2D eigenvalue weighted by molar-refractivity contribution is 5.92. The number of hydrogen-bond acceptors (Lipinski definition) is 14. The van der Waals surface area contributed by atoms with Crippen molar-refractivity contribution in [1.29, 1.82) is 0 Å². The Labute approximate surface area is 374 Å². The molecular weight excluding hydrogens is 837 g/mol. The molecular formula is C51H48O14. The van der Waals surface area contributed by atoms with Crippen molar-refractivity contribution in [2.75, 3.05) is 13.2 Å². The van der Waals surface area contributed by atoms with Crippen molar-refractivity contribution < 1.29 is 61.9 Å². The Kier molecular flexibility index (Phi) is 15.6. The van der Waals surface area contributed by atoms with Crippen LogP contribution >= 0.6 is 0 Å². The number of aromatic hydroxyl groups is 1. The number of hydrogen-bond donors (Lipinski definition) is 1. The van der Waals surface area contributed by atoms with Gasteiger partial charge in [0, 0.05) is 6.07 Å². The van der Waals surface area contributed by atoms with Gasteiger partial charge in [0.15, 0.2) is 18.0 Å². The van der Waals surface area contributed by atoms with Crippen LogP contribution < -0.4 is 15.1 Å². The first kappa shape index (κ1) is 45.6. The predicted octanol–water partition coefficient (Wildman–Crippen LogP) is 8.88. The highest BCUT2D eigenvalue weighted by atomic mass is 16.7. The molecule has 7 rings (SSSR count). The molecule has 0 spiro atoms. The van der Waals surface area contributed by atoms with E-state index >= 15 is 0 Å². The molecule has 14 nitrogen and oxygen atoms in total. The summed E-state index contributed by atoms with van der Waals surface area (Å²) < 4.78 is 48.1. The van der Waals surface area contributed by atoms with Crippen molar-refractivity contribution >= 4 is 34.8 Å². The van der Waals surface area contributed by atoms with Crippen LogP contribution in [0, 0.1) is 0 Å². The minimum atomic E-state index is -1.68. The second kappa shape index (κ2) is 22.3. The van der Waals surface area contributed by atoms with Gasteiger partial charge in [0.05, 0.1) is 34.2 Å². The van der Waals surface area contributed by atoms with Crippen LogP contribution in [0.5, 0.6) is 17.2 Å². The maximum absolute atomic E-state index is 14.0. The predicted molar refractivity (Wildman–Crippen MR) is 236 cm³/mol. The average Bonchev–Trinajstić information content (AvgIpc) is 3.34. The Morgan fingerprint density at radius 3 is 1.63 bits per heavy atom. The second-order valence-corrected chi connectivity index (χ2v) is 15.2. The van der Waals surface area contributed by atoms with Gasteiger partial charge in [0.2, 0.25) is 18.1 Å². The van der Waals surface area contributed by atoms with Crippen LogP contribution in [0.4, 0.5) is 0 Å². The van der Waals surface area contributed by atoms with E-state index in [1.165, 1.54) is 54.6 Å². The van der Waals surface area contributed by atoms with Gasteiger partial charge in [-0.2, -0.15) is 0 Å². The van der Waals surface area contributed by atoms with E-state index in [0.29, 0.717) is 6.42 Å². The van der Waals surface area contributed by atoms with Crippen LogP contribution in [0.2, 0.25) is 0 Å². The summed E-state index contributed by atoms with van der Waals surface area (Å²) in [5.41, 5.74) is -0.419. The molecule has 0 amide bonds. The fraction of sp³-hybridized carbons (Fsp3) is 0.275. The van der Waals surface area contributed by atoms with Gasteiger partial charge in [-0.3, -0.25) is 0 Å². The van der Waals surface area contributed by atoms with Gasteiger partial charge in [-0.05, 0) is 67.1 Å². The van der Waals surface area contributed by atoms with Gasteiger partial charge >= 0.3 is 29.5 Å². The summed E-state index contributed by atoms with van der Waals surface area (Å²) in [5.74, 6) is -4.11. The zero-order valence-corrected chi connectivity index (χ0v) is 35.6. The molecule has 0 saturated carbocycles. The zero-order chi connectivity index (χ0) is 45.5. The van der Waals surface area contributed by atoms with Gasteiger partial charge < -0.3 is 42.7 Å². The molecule has 336 valence electrons. The first-order chi connectivity index (χ1) is 31.7. The Bertz CT molecular complexity index is 2580. The maximum atomic E-state index is 14.0. The molecule has 65 heavy (non-hydrogen) atoms. The Hall–Kier alpha value is -7.45. The summed E-state index contributed by atoms with van der Waals surface area (Å²) in [5, 5.41) is 11.3. The van der Waals surface area contributed by atoms with Crippen LogP contribution in [0.1, 0.15) is 86.9 Å². The molecule has 0 aliphatic carbocycles. The summed E-state index contributed by atoms with van der Waals surface area (Å²) in [4.78, 5) is 68.1. The Morgan fingerprint density at radius 2 is 1.08 bits per heavy atom.